The van der Waals surface area contributed by atoms with Crippen LogP contribution in [-0.2, 0) is 16.0 Å². The topological polar surface area (TPSA) is 60.9 Å². The van der Waals surface area contributed by atoms with E-state index >= 15 is 0 Å². The Hall–Kier alpha value is -2.37. The minimum Gasteiger partial charge on any atom is -0.337 e. The summed E-state index contributed by atoms with van der Waals surface area (Å²) in [4.78, 5) is 43.2. The molecule has 0 N–H and O–H groups in total. The Bertz CT molecular complexity index is 785. The number of urea groups is 1. The van der Waals surface area contributed by atoms with Gasteiger partial charge in [0.1, 0.15) is 12.1 Å². The second-order valence-corrected chi connectivity index (χ2v) is 8.08. The Kier molecular flexibility index (Phi) is 4.44. The molecule has 1 saturated carbocycles. The van der Waals surface area contributed by atoms with Crippen molar-refractivity contribution in [2.24, 2.45) is 0 Å². The van der Waals surface area contributed by atoms with Crippen molar-refractivity contribution in [1.29, 1.82) is 0 Å². The highest BCUT2D eigenvalue weighted by Gasteiger charge is 2.56. The zero-order chi connectivity index (χ0) is 19.2. The zero-order valence-corrected chi connectivity index (χ0v) is 16.1. The molecule has 4 rings (SSSR count). The first-order valence-electron chi connectivity index (χ1n) is 9.89. The number of rotatable bonds is 3. The third-order valence-corrected chi connectivity index (χ3v) is 6.74. The van der Waals surface area contributed by atoms with Gasteiger partial charge in [0.05, 0.1) is 6.04 Å². The fourth-order valence-corrected chi connectivity index (χ4v) is 5.03. The quantitative estimate of drug-likeness (QED) is 0.770. The molecular weight excluding hydrogens is 342 g/mol. The van der Waals surface area contributed by atoms with Gasteiger partial charge in [0.25, 0.3) is 5.91 Å². The molecule has 6 nitrogen and oxygen atoms in total. The van der Waals surface area contributed by atoms with Gasteiger partial charge in [-0.3, -0.25) is 14.5 Å². The molecule has 0 bridgehead atoms. The number of hydrogen-bond donors (Lipinski definition) is 0. The Morgan fingerprint density at radius 3 is 2.63 bits per heavy atom. The van der Waals surface area contributed by atoms with Crippen LogP contribution in [0.25, 0.3) is 0 Å². The zero-order valence-electron chi connectivity index (χ0n) is 16.1. The predicted octanol–water partition coefficient (Wildman–Crippen LogP) is 2.73. The Balaban J connectivity index is 1.50. The van der Waals surface area contributed by atoms with Gasteiger partial charge in [0.2, 0.25) is 5.91 Å². The molecule has 1 atom stereocenters. The number of benzene rings is 1. The average Bonchev–Trinajstić information content (AvgIpc) is 3.19. The summed E-state index contributed by atoms with van der Waals surface area (Å²) < 4.78 is 0. The van der Waals surface area contributed by atoms with Crippen molar-refractivity contribution in [3.63, 3.8) is 0 Å². The van der Waals surface area contributed by atoms with Crippen LogP contribution in [-0.4, -0.2) is 58.7 Å². The largest absolute Gasteiger partial charge is 0.337 e. The minimum atomic E-state index is -0.728. The molecule has 1 aliphatic heterocycles. The van der Waals surface area contributed by atoms with Crippen LogP contribution in [0.3, 0.4) is 0 Å². The summed E-state index contributed by atoms with van der Waals surface area (Å²) in [6.45, 7) is -0.168. The van der Waals surface area contributed by atoms with Gasteiger partial charge in [-0.05, 0) is 36.8 Å². The van der Waals surface area contributed by atoms with Gasteiger partial charge in [0.15, 0.2) is 0 Å². The fraction of sp³-hybridized carbons (Fsp3) is 0.571. The highest BCUT2D eigenvalue weighted by atomic mass is 16.2. The van der Waals surface area contributed by atoms with Crippen LogP contribution < -0.4 is 0 Å². The lowest BCUT2D eigenvalue weighted by Gasteiger charge is -2.35. The number of aryl methyl sites for hydroxylation is 1. The second kappa shape index (κ2) is 6.66. The molecule has 144 valence electrons. The first kappa shape index (κ1) is 18.0. The smallest absolute Gasteiger partial charge is 0.327 e. The SMILES string of the molecule is CN(C(=O)CN1C(=O)N(C)C2(CCCCC2)C1=O)C1CCc2ccccc21. The monoisotopic (exact) mass is 369 g/mol. The third kappa shape index (κ3) is 2.73. The van der Waals surface area contributed by atoms with E-state index in [9.17, 15) is 14.4 Å². The molecule has 1 spiro atoms. The molecule has 1 aromatic rings. The van der Waals surface area contributed by atoms with E-state index in [-0.39, 0.29) is 30.4 Å². The summed E-state index contributed by atoms with van der Waals surface area (Å²) in [5.41, 5.74) is 1.72. The van der Waals surface area contributed by atoms with Crippen molar-refractivity contribution in [1.82, 2.24) is 14.7 Å². The number of nitrogens with zero attached hydrogens (tertiary/aromatic N) is 3. The van der Waals surface area contributed by atoms with Crippen molar-refractivity contribution in [2.75, 3.05) is 20.6 Å². The van der Waals surface area contributed by atoms with E-state index in [0.29, 0.717) is 12.8 Å². The summed E-state index contributed by atoms with van der Waals surface area (Å²) in [5.74, 6) is -0.372. The minimum absolute atomic E-state index is 0.0166. The number of carbonyl (C=O) groups excluding carboxylic acids is 3. The highest BCUT2D eigenvalue weighted by molar-refractivity contribution is 6.09. The van der Waals surface area contributed by atoms with E-state index in [1.807, 2.05) is 12.1 Å². The van der Waals surface area contributed by atoms with Gasteiger partial charge in [0, 0.05) is 14.1 Å². The Morgan fingerprint density at radius 1 is 1.19 bits per heavy atom. The van der Waals surface area contributed by atoms with E-state index in [4.69, 9.17) is 0 Å². The first-order chi connectivity index (χ1) is 13.0. The van der Waals surface area contributed by atoms with Gasteiger partial charge >= 0.3 is 6.03 Å². The van der Waals surface area contributed by atoms with E-state index in [1.54, 1.807) is 23.9 Å². The molecule has 1 heterocycles. The van der Waals surface area contributed by atoms with Crippen LogP contribution in [0.4, 0.5) is 4.79 Å². The van der Waals surface area contributed by atoms with Crippen molar-refractivity contribution in [2.45, 2.75) is 56.5 Å². The highest BCUT2D eigenvalue weighted by Crippen LogP contribution is 2.40. The normalized spacial score (nSPS) is 23.9. The van der Waals surface area contributed by atoms with Crippen LogP contribution in [0.1, 0.15) is 55.7 Å². The van der Waals surface area contributed by atoms with Crippen LogP contribution in [0, 0.1) is 0 Å². The maximum atomic E-state index is 13.1. The number of likely N-dealkylation sites (N-methyl/N-ethyl adjacent to an activating group) is 2. The number of imide groups is 1. The molecule has 2 aliphatic carbocycles. The maximum Gasteiger partial charge on any atom is 0.327 e. The number of amides is 4. The van der Waals surface area contributed by atoms with Gasteiger partial charge in [-0.25, -0.2) is 4.79 Å². The third-order valence-electron chi connectivity index (χ3n) is 6.74. The van der Waals surface area contributed by atoms with Gasteiger partial charge in [-0.1, -0.05) is 43.5 Å². The molecule has 0 radical (unpaired) electrons. The van der Waals surface area contributed by atoms with Crippen molar-refractivity contribution in [3.8, 4) is 0 Å². The van der Waals surface area contributed by atoms with Crippen LogP contribution in [0.2, 0.25) is 0 Å². The second-order valence-electron chi connectivity index (χ2n) is 8.08. The van der Waals surface area contributed by atoms with Crippen molar-refractivity contribution in [3.05, 3.63) is 35.4 Å². The van der Waals surface area contributed by atoms with E-state index in [2.05, 4.69) is 12.1 Å². The van der Waals surface area contributed by atoms with Gasteiger partial charge < -0.3 is 9.80 Å². The van der Waals surface area contributed by atoms with Crippen LogP contribution >= 0.6 is 0 Å². The predicted molar refractivity (Wildman–Crippen MR) is 101 cm³/mol. The molecule has 1 unspecified atom stereocenters. The maximum absolute atomic E-state index is 13.1. The first-order valence-corrected chi connectivity index (χ1v) is 9.89. The lowest BCUT2D eigenvalue weighted by Crippen LogP contribution is -2.49. The molecule has 6 heteroatoms. The molecule has 27 heavy (non-hydrogen) atoms. The van der Waals surface area contributed by atoms with Crippen LogP contribution in [0.15, 0.2) is 24.3 Å². The van der Waals surface area contributed by atoms with Gasteiger partial charge in [-0.2, -0.15) is 0 Å². The molecule has 2 fully saturated rings. The summed E-state index contributed by atoms with van der Waals surface area (Å²) in [6.07, 6.45) is 6.22. The fourth-order valence-electron chi connectivity index (χ4n) is 5.03. The molecule has 1 saturated heterocycles. The molecule has 1 aromatic carbocycles. The lowest BCUT2D eigenvalue weighted by atomic mass is 9.81. The van der Waals surface area contributed by atoms with Gasteiger partial charge in [-0.15, -0.1) is 0 Å². The summed E-state index contributed by atoms with van der Waals surface area (Å²) >= 11 is 0. The standard InChI is InChI=1S/C21H27N3O3/c1-22(17-11-10-15-8-4-5-9-16(15)17)18(25)14-24-19(26)21(23(2)20(24)27)12-6-3-7-13-21/h4-5,8-9,17H,3,6-7,10-14H2,1-2H3. The van der Waals surface area contributed by atoms with E-state index in [1.165, 1.54) is 16.0 Å². The average molecular weight is 369 g/mol. The number of carbonyl (C=O) groups is 3. The molecule has 4 amide bonds. The molecular formula is C21H27N3O3. The van der Waals surface area contributed by atoms with E-state index < -0.39 is 5.54 Å². The van der Waals surface area contributed by atoms with Crippen molar-refractivity contribution >= 4 is 17.8 Å². The summed E-state index contributed by atoms with van der Waals surface area (Å²) in [7, 11) is 3.48. The molecule has 0 aromatic heterocycles. The lowest BCUT2D eigenvalue weighted by molar-refractivity contribution is -0.140. The number of hydrogen-bond acceptors (Lipinski definition) is 3. The number of fused-ring (bicyclic) bond motifs is 1. The Labute approximate surface area is 160 Å². The Morgan fingerprint density at radius 2 is 1.89 bits per heavy atom. The summed E-state index contributed by atoms with van der Waals surface area (Å²) in [6, 6.07) is 7.85. The molecule has 3 aliphatic rings. The van der Waals surface area contributed by atoms with E-state index in [0.717, 1.165) is 32.1 Å². The van der Waals surface area contributed by atoms with Crippen LogP contribution in [0.5, 0.6) is 0 Å². The summed E-state index contributed by atoms with van der Waals surface area (Å²) in [5, 5.41) is 0. The van der Waals surface area contributed by atoms with Crippen molar-refractivity contribution < 1.29 is 14.4 Å².